The predicted octanol–water partition coefficient (Wildman–Crippen LogP) is 3.45. The maximum Gasteiger partial charge on any atom is 0.251 e. The molecule has 0 aliphatic heterocycles. The van der Waals surface area contributed by atoms with Crippen LogP contribution in [0.15, 0.2) is 60.2 Å². The summed E-state index contributed by atoms with van der Waals surface area (Å²) in [7, 11) is 0. The SMILES string of the molecule is O=C(NCC1=Cc2ccccc2CC1)c1ccccc1. The van der Waals surface area contributed by atoms with Crippen molar-refractivity contribution in [2.24, 2.45) is 0 Å². The van der Waals surface area contributed by atoms with E-state index in [1.807, 2.05) is 30.3 Å². The van der Waals surface area contributed by atoms with Gasteiger partial charge in [0.15, 0.2) is 0 Å². The third-order valence-corrected chi connectivity index (χ3v) is 3.64. The van der Waals surface area contributed by atoms with E-state index >= 15 is 0 Å². The second kappa shape index (κ2) is 5.74. The quantitative estimate of drug-likeness (QED) is 0.903. The second-order valence-corrected chi connectivity index (χ2v) is 5.05. The summed E-state index contributed by atoms with van der Waals surface area (Å²) in [5, 5.41) is 2.99. The van der Waals surface area contributed by atoms with E-state index < -0.39 is 0 Å². The molecule has 0 fully saturated rings. The number of rotatable bonds is 3. The molecule has 0 heterocycles. The number of fused-ring (bicyclic) bond motifs is 1. The lowest BCUT2D eigenvalue weighted by atomic mass is 9.92. The van der Waals surface area contributed by atoms with Gasteiger partial charge in [-0.1, -0.05) is 54.1 Å². The van der Waals surface area contributed by atoms with Crippen LogP contribution >= 0.6 is 0 Å². The minimum Gasteiger partial charge on any atom is -0.348 e. The van der Waals surface area contributed by atoms with Crippen LogP contribution in [0, 0.1) is 0 Å². The van der Waals surface area contributed by atoms with Gasteiger partial charge in [0.2, 0.25) is 0 Å². The van der Waals surface area contributed by atoms with Gasteiger partial charge in [-0.2, -0.15) is 0 Å². The Kier molecular flexibility index (Phi) is 3.64. The maximum absolute atomic E-state index is 12.0. The van der Waals surface area contributed by atoms with Gasteiger partial charge in [0.1, 0.15) is 0 Å². The van der Waals surface area contributed by atoms with Crippen LogP contribution in [0.1, 0.15) is 27.9 Å². The number of nitrogens with one attached hydrogen (secondary N) is 1. The van der Waals surface area contributed by atoms with Gasteiger partial charge in [0, 0.05) is 12.1 Å². The highest BCUT2D eigenvalue weighted by Crippen LogP contribution is 2.23. The first kappa shape index (κ1) is 12.7. The van der Waals surface area contributed by atoms with Crippen molar-refractivity contribution in [2.45, 2.75) is 12.8 Å². The van der Waals surface area contributed by atoms with Gasteiger partial charge >= 0.3 is 0 Å². The summed E-state index contributed by atoms with van der Waals surface area (Å²) in [5.41, 5.74) is 4.67. The highest BCUT2D eigenvalue weighted by atomic mass is 16.1. The molecule has 0 unspecified atom stereocenters. The lowest BCUT2D eigenvalue weighted by molar-refractivity contribution is 0.0957. The molecule has 2 heteroatoms. The first-order chi connectivity index (χ1) is 9.83. The Balaban J connectivity index is 1.65. The van der Waals surface area contributed by atoms with E-state index in [9.17, 15) is 4.79 Å². The number of aryl methyl sites for hydroxylation is 1. The minimum absolute atomic E-state index is 0.00893. The molecule has 1 amide bonds. The van der Waals surface area contributed by atoms with Gasteiger partial charge in [-0.3, -0.25) is 4.79 Å². The molecule has 1 aliphatic rings. The Hall–Kier alpha value is -2.35. The van der Waals surface area contributed by atoms with E-state index in [0.717, 1.165) is 12.8 Å². The fourth-order valence-corrected chi connectivity index (χ4v) is 2.51. The first-order valence-electron chi connectivity index (χ1n) is 6.93. The molecule has 100 valence electrons. The van der Waals surface area contributed by atoms with Crippen LogP contribution in [0.2, 0.25) is 0 Å². The molecule has 2 aromatic rings. The monoisotopic (exact) mass is 263 g/mol. The van der Waals surface area contributed by atoms with Gasteiger partial charge in [0.05, 0.1) is 0 Å². The lowest BCUT2D eigenvalue weighted by Gasteiger charge is -2.16. The number of hydrogen-bond acceptors (Lipinski definition) is 1. The van der Waals surface area contributed by atoms with E-state index in [1.165, 1.54) is 16.7 Å². The van der Waals surface area contributed by atoms with Crippen molar-refractivity contribution in [3.8, 4) is 0 Å². The van der Waals surface area contributed by atoms with Crippen molar-refractivity contribution in [3.63, 3.8) is 0 Å². The molecule has 2 nitrogen and oxygen atoms in total. The van der Waals surface area contributed by atoms with Gasteiger partial charge in [-0.25, -0.2) is 0 Å². The smallest absolute Gasteiger partial charge is 0.251 e. The zero-order chi connectivity index (χ0) is 13.8. The minimum atomic E-state index is -0.00893. The Morgan fingerprint density at radius 2 is 1.70 bits per heavy atom. The van der Waals surface area contributed by atoms with E-state index in [4.69, 9.17) is 0 Å². The summed E-state index contributed by atoms with van der Waals surface area (Å²) in [6, 6.07) is 17.8. The molecule has 0 radical (unpaired) electrons. The summed E-state index contributed by atoms with van der Waals surface area (Å²) < 4.78 is 0. The number of carbonyl (C=O) groups is 1. The van der Waals surface area contributed by atoms with E-state index in [0.29, 0.717) is 12.1 Å². The predicted molar refractivity (Wildman–Crippen MR) is 81.5 cm³/mol. The number of benzene rings is 2. The zero-order valence-electron chi connectivity index (χ0n) is 11.3. The molecule has 1 N–H and O–H groups in total. The topological polar surface area (TPSA) is 29.1 Å². The van der Waals surface area contributed by atoms with Crippen LogP contribution in [0.3, 0.4) is 0 Å². The average Bonchev–Trinajstić information content (AvgIpc) is 2.53. The Morgan fingerprint density at radius 3 is 2.55 bits per heavy atom. The molecule has 1 aliphatic carbocycles. The fraction of sp³-hybridized carbons (Fsp3) is 0.167. The molecule has 0 saturated heterocycles. The van der Waals surface area contributed by atoms with Gasteiger partial charge < -0.3 is 5.32 Å². The molecule has 3 rings (SSSR count). The van der Waals surface area contributed by atoms with Crippen LogP contribution in [0.25, 0.3) is 6.08 Å². The molecule has 0 bridgehead atoms. The van der Waals surface area contributed by atoms with Crippen molar-refractivity contribution in [1.29, 1.82) is 0 Å². The van der Waals surface area contributed by atoms with Crippen LogP contribution < -0.4 is 5.32 Å². The van der Waals surface area contributed by atoms with Crippen molar-refractivity contribution >= 4 is 12.0 Å². The standard InChI is InChI=1S/C18H17NO/c20-18(16-7-2-1-3-8-16)19-13-14-10-11-15-6-4-5-9-17(15)12-14/h1-9,12H,10-11,13H2,(H,19,20). The summed E-state index contributed by atoms with van der Waals surface area (Å²) in [6.07, 6.45) is 4.28. The fourth-order valence-electron chi connectivity index (χ4n) is 2.51. The second-order valence-electron chi connectivity index (χ2n) is 5.05. The third kappa shape index (κ3) is 2.80. The van der Waals surface area contributed by atoms with Crippen molar-refractivity contribution in [2.75, 3.05) is 6.54 Å². The summed E-state index contributed by atoms with van der Waals surface area (Å²) in [4.78, 5) is 12.0. The van der Waals surface area contributed by atoms with Crippen molar-refractivity contribution in [1.82, 2.24) is 5.32 Å². The van der Waals surface area contributed by atoms with Gasteiger partial charge in [0.25, 0.3) is 5.91 Å². The molecule has 0 atom stereocenters. The summed E-state index contributed by atoms with van der Waals surface area (Å²) in [6.45, 7) is 0.627. The molecule has 20 heavy (non-hydrogen) atoms. The van der Waals surface area contributed by atoms with E-state index in [2.05, 4.69) is 35.7 Å². The Morgan fingerprint density at radius 1 is 0.950 bits per heavy atom. The van der Waals surface area contributed by atoms with Crippen LogP contribution in [0.4, 0.5) is 0 Å². The van der Waals surface area contributed by atoms with Crippen LogP contribution in [-0.4, -0.2) is 12.5 Å². The number of carbonyl (C=O) groups excluding carboxylic acids is 1. The number of amides is 1. The first-order valence-corrected chi connectivity index (χ1v) is 6.93. The highest BCUT2D eigenvalue weighted by Gasteiger charge is 2.11. The molecule has 0 aromatic heterocycles. The van der Waals surface area contributed by atoms with Crippen LogP contribution in [-0.2, 0) is 6.42 Å². The van der Waals surface area contributed by atoms with Crippen molar-refractivity contribution < 1.29 is 4.79 Å². The largest absolute Gasteiger partial charge is 0.348 e. The Labute approximate surface area is 119 Å². The van der Waals surface area contributed by atoms with Crippen molar-refractivity contribution in [3.05, 3.63) is 76.9 Å². The van der Waals surface area contributed by atoms with Gasteiger partial charge in [-0.15, -0.1) is 0 Å². The molecular formula is C18H17NO. The van der Waals surface area contributed by atoms with Crippen LogP contribution in [0.5, 0.6) is 0 Å². The average molecular weight is 263 g/mol. The molecule has 2 aromatic carbocycles. The molecule has 0 saturated carbocycles. The van der Waals surface area contributed by atoms with E-state index in [-0.39, 0.29) is 5.91 Å². The molecular weight excluding hydrogens is 246 g/mol. The number of hydrogen-bond donors (Lipinski definition) is 1. The highest BCUT2D eigenvalue weighted by molar-refractivity contribution is 5.94. The third-order valence-electron chi connectivity index (χ3n) is 3.64. The summed E-state index contributed by atoms with van der Waals surface area (Å²) in [5.74, 6) is -0.00893. The van der Waals surface area contributed by atoms with Gasteiger partial charge in [-0.05, 0) is 36.1 Å². The molecule has 0 spiro atoms. The summed E-state index contributed by atoms with van der Waals surface area (Å²) >= 11 is 0. The maximum atomic E-state index is 12.0. The van der Waals surface area contributed by atoms with E-state index in [1.54, 1.807) is 0 Å². The normalized spacial score (nSPS) is 13.3. The zero-order valence-corrected chi connectivity index (χ0v) is 11.3. The Bertz CT molecular complexity index is 643. The lowest BCUT2D eigenvalue weighted by Crippen LogP contribution is -2.26.